The number of hydrogen-bond donors (Lipinski definition) is 1. The maximum absolute atomic E-state index is 14.5. The van der Waals surface area contributed by atoms with Crippen LogP contribution in [0.15, 0.2) is 41.3 Å². The van der Waals surface area contributed by atoms with Crippen molar-refractivity contribution >= 4 is 17.5 Å². The van der Waals surface area contributed by atoms with Crippen LogP contribution >= 0.6 is 11.8 Å². The zero-order valence-electron chi connectivity index (χ0n) is 15.9. The van der Waals surface area contributed by atoms with Crippen LogP contribution in [0.5, 0.6) is 5.75 Å². The van der Waals surface area contributed by atoms with E-state index in [1.807, 2.05) is 44.4 Å². The SMILES string of the molecule is CC.CSc1ccc(-c2cc(F)c(OC3CC(=N)C4CCC34)c(F)c2)cc1. The third kappa shape index (κ3) is 3.88. The maximum Gasteiger partial charge on any atom is 0.191 e. The predicted molar refractivity (Wildman–Crippen MR) is 108 cm³/mol. The Hall–Kier alpha value is -1.88. The highest BCUT2D eigenvalue weighted by molar-refractivity contribution is 7.98. The summed E-state index contributed by atoms with van der Waals surface area (Å²) in [5, 5.41) is 7.95. The van der Waals surface area contributed by atoms with Gasteiger partial charge in [0.15, 0.2) is 17.4 Å². The molecule has 2 aliphatic rings. The molecule has 4 rings (SSSR count). The second-order valence-corrected chi connectivity index (χ2v) is 7.61. The van der Waals surface area contributed by atoms with Crippen molar-refractivity contribution in [3.8, 4) is 16.9 Å². The topological polar surface area (TPSA) is 33.1 Å². The van der Waals surface area contributed by atoms with Crippen molar-refractivity contribution in [2.24, 2.45) is 11.8 Å². The zero-order valence-corrected chi connectivity index (χ0v) is 16.7. The number of benzene rings is 2. The zero-order chi connectivity index (χ0) is 19.6. The van der Waals surface area contributed by atoms with E-state index in [2.05, 4.69) is 0 Å². The van der Waals surface area contributed by atoms with Crippen LogP contribution in [0.2, 0.25) is 0 Å². The lowest BCUT2D eigenvalue weighted by Gasteiger charge is -2.33. The summed E-state index contributed by atoms with van der Waals surface area (Å²) < 4.78 is 34.7. The van der Waals surface area contributed by atoms with Crippen molar-refractivity contribution in [3.63, 3.8) is 0 Å². The average molecular weight is 390 g/mol. The summed E-state index contributed by atoms with van der Waals surface area (Å²) in [4.78, 5) is 1.10. The minimum absolute atomic E-state index is 0.241. The van der Waals surface area contributed by atoms with E-state index in [-0.39, 0.29) is 23.7 Å². The van der Waals surface area contributed by atoms with Gasteiger partial charge < -0.3 is 10.1 Å². The minimum Gasteiger partial charge on any atom is -0.484 e. The van der Waals surface area contributed by atoms with Gasteiger partial charge in [-0.25, -0.2) is 8.78 Å². The first-order chi connectivity index (χ1) is 13.1. The van der Waals surface area contributed by atoms with Gasteiger partial charge in [0.2, 0.25) is 0 Å². The molecule has 2 fully saturated rings. The van der Waals surface area contributed by atoms with Gasteiger partial charge in [-0.1, -0.05) is 26.0 Å². The lowest BCUT2D eigenvalue weighted by molar-refractivity contribution is 0.0833. The number of hydrogen-bond acceptors (Lipinski definition) is 3. The number of halogens is 2. The highest BCUT2D eigenvalue weighted by Crippen LogP contribution is 2.46. The Balaban J connectivity index is 0.00000102. The van der Waals surface area contributed by atoms with Gasteiger partial charge >= 0.3 is 0 Å². The molecule has 0 spiro atoms. The minimum atomic E-state index is -0.682. The second kappa shape index (κ2) is 8.42. The third-order valence-electron chi connectivity index (χ3n) is 5.36. The van der Waals surface area contributed by atoms with Crippen LogP contribution < -0.4 is 4.74 Å². The van der Waals surface area contributed by atoms with Gasteiger partial charge in [-0.05, 0) is 54.5 Å². The first-order valence-electron chi connectivity index (χ1n) is 9.44. The molecule has 0 aliphatic heterocycles. The van der Waals surface area contributed by atoms with Gasteiger partial charge in [0.1, 0.15) is 6.10 Å². The van der Waals surface area contributed by atoms with Gasteiger partial charge in [-0.2, -0.15) is 0 Å². The fraction of sp³-hybridized carbons (Fsp3) is 0.409. The van der Waals surface area contributed by atoms with E-state index in [0.717, 1.165) is 23.3 Å². The van der Waals surface area contributed by atoms with Gasteiger partial charge in [-0.3, -0.25) is 0 Å². The quantitative estimate of drug-likeness (QED) is 0.599. The highest BCUT2D eigenvalue weighted by Gasteiger charge is 2.47. The molecular weight excluding hydrogens is 364 g/mol. The van der Waals surface area contributed by atoms with Crippen molar-refractivity contribution in [1.29, 1.82) is 5.41 Å². The molecular formula is C22H25F2NOS. The standard InChI is InChI=1S/C20H19F2NOS.C2H6/c1-25-13-4-2-11(3-5-13)12-8-16(21)20(17(22)9-12)24-19-10-18(23)14-6-7-15(14)19;1-2/h2-5,8-9,14-15,19,23H,6-7,10H2,1H3;1-2H3. The van der Waals surface area contributed by atoms with E-state index >= 15 is 0 Å². The summed E-state index contributed by atoms with van der Waals surface area (Å²) in [7, 11) is 0. The van der Waals surface area contributed by atoms with E-state index in [0.29, 0.717) is 17.7 Å². The Morgan fingerprint density at radius 1 is 1.00 bits per heavy atom. The van der Waals surface area contributed by atoms with E-state index in [1.165, 1.54) is 12.1 Å². The van der Waals surface area contributed by atoms with Crippen LogP contribution in [0.1, 0.15) is 33.1 Å². The Bertz CT molecular complexity index is 799. The molecule has 0 heterocycles. The highest BCUT2D eigenvalue weighted by atomic mass is 32.2. The average Bonchev–Trinajstić information content (AvgIpc) is 2.86. The second-order valence-electron chi connectivity index (χ2n) is 6.73. The monoisotopic (exact) mass is 389 g/mol. The molecule has 0 aromatic heterocycles. The summed E-state index contributed by atoms with van der Waals surface area (Å²) in [6.45, 7) is 4.00. The molecule has 144 valence electrons. The number of rotatable bonds is 4. The van der Waals surface area contributed by atoms with Crippen LogP contribution in [0.3, 0.4) is 0 Å². The van der Waals surface area contributed by atoms with Crippen LogP contribution in [0.25, 0.3) is 11.1 Å². The van der Waals surface area contributed by atoms with Crippen molar-refractivity contribution in [1.82, 2.24) is 0 Å². The van der Waals surface area contributed by atoms with E-state index < -0.39 is 11.6 Å². The van der Waals surface area contributed by atoms with E-state index in [4.69, 9.17) is 10.1 Å². The molecule has 2 aromatic carbocycles. The predicted octanol–water partition coefficient (Wildman–Crippen LogP) is 6.58. The smallest absolute Gasteiger partial charge is 0.191 e. The van der Waals surface area contributed by atoms with Crippen molar-refractivity contribution < 1.29 is 13.5 Å². The van der Waals surface area contributed by atoms with E-state index in [9.17, 15) is 8.78 Å². The number of thioether (sulfide) groups is 1. The molecule has 3 atom stereocenters. The summed E-state index contributed by atoms with van der Waals surface area (Å²) in [5.41, 5.74) is 1.92. The molecule has 2 aliphatic carbocycles. The van der Waals surface area contributed by atoms with Gasteiger partial charge in [0.25, 0.3) is 0 Å². The molecule has 0 amide bonds. The van der Waals surface area contributed by atoms with Crippen LogP contribution in [0.4, 0.5) is 8.78 Å². The summed E-state index contributed by atoms with van der Waals surface area (Å²) >= 11 is 1.62. The molecule has 2 nitrogen and oxygen atoms in total. The molecule has 0 bridgehead atoms. The lowest BCUT2D eigenvalue weighted by Crippen LogP contribution is -2.33. The first-order valence-corrected chi connectivity index (χ1v) is 10.7. The fourth-order valence-electron chi connectivity index (χ4n) is 3.83. The fourth-order valence-corrected chi connectivity index (χ4v) is 4.23. The Morgan fingerprint density at radius 3 is 2.11 bits per heavy atom. The largest absolute Gasteiger partial charge is 0.484 e. The van der Waals surface area contributed by atoms with Crippen LogP contribution in [-0.2, 0) is 0 Å². The number of nitrogens with one attached hydrogen (secondary N) is 1. The van der Waals surface area contributed by atoms with Gasteiger partial charge in [0.05, 0.1) is 0 Å². The van der Waals surface area contributed by atoms with Crippen LogP contribution in [0, 0.1) is 28.9 Å². The molecule has 2 aromatic rings. The number of fused-ring (bicyclic) bond motifs is 1. The Labute approximate surface area is 163 Å². The summed E-state index contributed by atoms with van der Waals surface area (Å²) in [5.74, 6) is -1.18. The summed E-state index contributed by atoms with van der Waals surface area (Å²) in [6, 6.07) is 10.2. The molecule has 5 heteroatoms. The Kier molecular flexibility index (Phi) is 6.20. The maximum atomic E-state index is 14.5. The molecule has 2 saturated carbocycles. The lowest BCUT2D eigenvalue weighted by atomic mass is 9.75. The van der Waals surface area contributed by atoms with Gasteiger partial charge in [-0.15, -0.1) is 11.8 Å². The third-order valence-corrected chi connectivity index (χ3v) is 6.11. The van der Waals surface area contributed by atoms with E-state index in [1.54, 1.807) is 11.8 Å². The first kappa shape index (κ1) is 19.9. The van der Waals surface area contributed by atoms with Crippen LogP contribution in [-0.4, -0.2) is 18.1 Å². The summed E-state index contributed by atoms with van der Waals surface area (Å²) in [6.07, 6.45) is 4.16. The molecule has 27 heavy (non-hydrogen) atoms. The van der Waals surface area contributed by atoms with Crippen molar-refractivity contribution in [2.45, 2.75) is 44.1 Å². The Morgan fingerprint density at radius 2 is 1.63 bits per heavy atom. The normalized spacial score (nSPS) is 23.1. The molecule has 1 N–H and O–H groups in total. The van der Waals surface area contributed by atoms with Gasteiger partial charge in [0, 0.05) is 28.9 Å². The van der Waals surface area contributed by atoms with Crippen molar-refractivity contribution in [3.05, 3.63) is 48.0 Å². The van der Waals surface area contributed by atoms with Crippen molar-refractivity contribution in [2.75, 3.05) is 6.26 Å². The molecule has 0 radical (unpaired) electrons. The number of ether oxygens (including phenoxy) is 1. The molecule has 3 unspecified atom stereocenters. The molecule has 0 saturated heterocycles.